The second-order valence-electron chi connectivity index (χ2n) is 4.81. The van der Waals surface area contributed by atoms with E-state index in [1.165, 1.54) is 17.3 Å². The Morgan fingerprint density at radius 1 is 1.32 bits per heavy atom. The molecule has 1 N–H and O–H groups in total. The van der Waals surface area contributed by atoms with Crippen LogP contribution in [0.5, 0.6) is 0 Å². The molecule has 1 aliphatic rings. The van der Waals surface area contributed by atoms with Gasteiger partial charge in [0.15, 0.2) is 5.41 Å². The number of furan rings is 1. The van der Waals surface area contributed by atoms with Gasteiger partial charge in [-0.1, -0.05) is 18.2 Å². The Hall–Kier alpha value is -3.16. The predicted octanol–water partition coefficient (Wildman–Crippen LogP) is 2.02. The highest BCUT2D eigenvalue weighted by Crippen LogP contribution is 2.34. The minimum absolute atomic E-state index is 0.00296. The molecule has 0 bridgehead atoms. The van der Waals surface area contributed by atoms with Crippen LogP contribution in [0.15, 0.2) is 52.0 Å². The largest absolute Gasteiger partial charge is 0.480 e. The number of nitro groups is 1. The normalized spacial score (nSPS) is 20.3. The van der Waals surface area contributed by atoms with E-state index in [0.717, 1.165) is 11.8 Å². The van der Waals surface area contributed by atoms with Crippen LogP contribution in [0.2, 0.25) is 0 Å². The summed E-state index contributed by atoms with van der Waals surface area (Å²) in [6.07, 6.45) is 1.24. The van der Waals surface area contributed by atoms with E-state index in [1.54, 1.807) is 12.1 Å². The number of carboxylic acid groups (broad SMARTS) is 1. The van der Waals surface area contributed by atoms with Crippen molar-refractivity contribution in [2.75, 3.05) is 11.6 Å². The number of carboxylic acids is 1. The van der Waals surface area contributed by atoms with Crippen LogP contribution in [0.4, 0.5) is 11.6 Å². The topological polar surface area (TPSA) is 109 Å². The van der Waals surface area contributed by atoms with E-state index in [-0.39, 0.29) is 12.3 Å². The number of hydrogen-bond donors (Lipinski definition) is 1. The zero-order valence-electron chi connectivity index (χ0n) is 11.2. The molecule has 1 aromatic heterocycles. The molecule has 8 nitrogen and oxygen atoms in total. The molecular formula is C14H11N3O5. The maximum Gasteiger partial charge on any atom is 0.433 e. The van der Waals surface area contributed by atoms with Crippen molar-refractivity contribution in [2.45, 2.75) is 5.41 Å². The molecule has 0 saturated carbocycles. The van der Waals surface area contributed by atoms with Gasteiger partial charge >= 0.3 is 11.9 Å². The van der Waals surface area contributed by atoms with Crippen LogP contribution in [0.3, 0.4) is 0 Å². The third-order valence-electron chi connectivity index (χ3n) is 3.46. The summed E-state index contributed by atoms with van der Waals surface area (Å²) < 4.78 is 5.08. The Bertz CT molecular complexity index is 755. The highest BCUT2D eigenvalue weighted by atomic mass is 16.6. The smallest absolute Gasteiger partial charge is 0.433 e. The Morgan fingerprint density at radius 2 is 2.05 bits per heavy atom. The molecule has 2 aromatic rings. The maximum atomic E-state index is 11.7. The van der Waals surface area contributed by atoms with Crippen molar-refractivity contribution < 1.29 is 19.2 Å². The third kappa shape index (κ3) is 2.10. The molecule has 0 radical (unpaired) electrons. The van der Waals surface area contributed by atoms with Crippen LogP contribution in [0.25, 0.3) is 0 Å². The van der Waals surface area contributed by atoms with Crippen LogP contribution in [-0.2, 0) is 10.2 Å². The minimum atomic E-state index is -1.55. The van der Waals surface area contributed by atoms with Gasteiger partial charge in [0, 0.05) is 0 Å². The fourth-order valence-electron chi connectivity index (χ4n) is 2.28. The lowest BCUT2D eigenvalue weighted by Crippen LogP contribution is -2.41. The zero-order valence-corrected chi connectivity index (χ0v) is 11.2. The number of carbonyl (C=O) groups is 1. The van der Waals surface area contributed by atoms with Gasteiger partial charge in [0.05, 0.1) is 24.5 Å². The molecule has 22 heavy (non-hydrogen) atoms. The molecule has 1 atom stereocenters. The van der Waals surface area contributed by atoms with E-state index in [4.69, 9.17) is 4.42 Å². The van der Waals surface area contributed by atoms with Crippen LogP contribution >= 0.6 is 0 Å². The average molecular weight is 301 g/mol. The van der Waals surface area contributed by atoms with E-state index in [2.05, 4.69) is 5.10 Å². The summed E-state index contributed by atoms with van der Waals surface area (Å²) in [5.41, 5.74) is -0.827. The summed E-state index contributed by atoms with van der Waals surface area (Å²) >= 11 is 0. The number of hydrazone groups is 1. The SMILES string of the molecule is O=C(O)C1(c2ccc([N+](=O)[O-])o2)C=NN(c2ccccc2)C1. The fourth-order valence-corrected chi connectivity index (χ4v) is 2.28. The van der Waals surface area contributed by atoms with Crippen LogP contribution in [-0.4, -0.2) is 28.8 Å². The van der Waals surface area contributed by atoms with E-state index in [1.807, 2.05) is 18.2 Å². The molecule has 0 spiro atoms. The lowest BCUT2D eigenvalue weighted by atomic mass is 9.87. The van der Waals surface area contributed by atoms with Gasteiger partial charge in [-0.15, -0.1) is 0 Å². The number of hydrogen-bond acceptors (Lipinski definition) is 6. The summed E-state index contributed by atoms with van der Waals surface area (Å²) in [7, 11) is 0. The highest BCUT2D eigenvalue weighted by molar-refractivity contribution is 6.02. The van der Waals surface area contributed by atoms with Gasteiger partial charge in [-0.3, -0.25) is 19.9 Å². The van der Waals surface area contributed by atoms with Gasteiger partial charge in [0.2, 0.25) is 0 Å². The number of anilines is 1. The summed E-state index contributed by atoms with van der Waals surface area (Å²) in [4.78, 5) is 21.7. The van der Waals surface area contributed by atoms with Crippen LogP contribution < -0.4 is 5.01 Å². The third-order valence-corrected chi connectivity index (χ3v) is 3.46. The molecule has 1 aromatic carbocycles. The summed E-state index contributed by atoms with van der Waals surface area (Å²) in [5.74, 6) is -1.70. The standard InChI is InChI=1S/C14H11N3O5/c18-13(19)14(11-6-7-12(22-11)17(20)21)8-15-16(9-14)10-4-2-1-3-5-10/h1-8H,9H2,(H,18,19). The number of aliphatic carboxylic acids is 1. The fraction of sp³-hybridized carbons (Fsp3) is 0.143. The minimum Gasteiger partial charge on any atom is -0.480 e. The monoisotopic (exact) mass is 301 g/mol. The van der Waals surface area contributed by atoms with E-state index in [0.29, 0.717) is 0 Å². The number of nitrogens with zero attached hydrogens (tertiary/aromatic N) is 3. The van der Waals surface area contributed by atoms with E-state index < -0.39 is 22.2 Å². The van der Waals surface area contributed by atoms with E-state index in [9.17, 15) is 20.0 Å². The Kier molecular flexibility index (Phi) is 3.13. The van der Waals surface area contributed by atoms with Gasteiger partial charge in [0.1, 0.15) is 10.7 Å². The van der Waals surface area contributed by atoms with Crippen molar-refractivity contribution in [2.24, 2.45) is 5.10 Å². The van der Waals surface area contributed by atoms with Crippen molar-refractivity contribution >= 4 is 23.8 Å². The van der Waals surface area contributed by atoms with Gasteiger partial charge in [-0.05, 0) is 18.2 Å². The predicted molar refractivity (Wildman–Crippen MR) is 77.0 cm³/mol. The molecule has 1 aliphatic heterocycles. The Morgan fingerprint density at radius 3 is 2.64 bits per heavy atom. The summed E-state index contributed by atoms with van der Waals surface area (Å²) in [5, 5.41) is 25.9. The number of benzene rings is 1. The molecule has 112 valence electrons. The Labute approximate surface area is 124 Å². The second-order valence-corrected chi connectivity index (χ2v) is 4.81. The lowest BCUT2D eigenvalue weighted by molar-refractivity contribution is -0.402. The van der Waals surface area contributed by atoms with Crippen molar-refractivity contribution in [3.8, 4) is 0 Å². The molecule has 8 heteroatoms. The van der Waals surface area contributed by atoms with Crippen molar-refractivity contribution in [3.05, 3.63) is 58.3 Å². The van der Waals surface area contributed by atoms with Crippen molar-refractivity contribution in [3.63, 3.8) is 0 Å². The zero-order chi connectivity index (χ0) is 15.7. The van der Waals surface area contributed by atoms with Crippen molar-refractivity contribution in [1.82, 2.24) is 0 Å². The van der Waals surface area contributed by atoms with Crippen LogP contribution in [0.1, 0.15) is 5.76 Å². The van der Waals surface area contributed by atoms with Crippen LogP contribution in [0, 0.1) is 10.1 Å². The van der Waals surface area contributed by atoms with Crippen molar-refractivity contribution in [1.29, 1.82) is 0 Å². The molecule has 0 amide bonds. The molecule has 0 saturated heterocycles. The molecule has 3 rings (SSSR count). The maximum absolute atomic E-state index is 11.7. The number of para-hydroxylation sites is 1. The molecule has 0 aliphatic carbocycles. The van der Waals surface area contributed by atoms with Gasteiger partial charge < -0.3 is 9.52 Å². The lowest BCUT2D eigenvalue weighted by Gasteiger charge is -2.21. The molecule has 0 fully saturated rings. The summed E-state index contributed by atoms with van der Waals surface area (Å²) in [6.45, 7) is -0.00296. The average Bonchev–Trinajstić information content (AvgIpc) is 3.16. The Balaban J connectivity index is 1.96. The van der Waals surface area contributed by atoms with E-state index >= 15 is 0 Å². The first kappa shape index (κ1) is 13.8. The molecule has 1 unspecified atom stereocenters. The second kappa shape index (κ2) is 4.99. The van der Waals surface area contributed by atoms with Gasteiger partial charge in [-0.25, -0.2) is 0 Å². The number of rotatable bonds is 4. The summed E-state index contributed by atoms with van der Waals surface area (Å²) in [6, 6.07) is 11.5. The van der Waals surface area contributed by atoms with Gasteiger partial charge in [-0.2, -0.15) is 5.10 Å². The first-order chi connectivity index (χ1) is 10.5. The first-order valence-electron chi connectivity index (χ1n) is 6.39. The highest BCUT2D eigenvalue weighted by Gasteiger charge is 2.48. The quantitative estimate of drug-likeness (QED) is 0.683. The van der Waals surface area contributed by atoms with Gasteiger partial charge in [0.25, 0.3) is 0 Å². The molecule has 2 heterocycles. The first-order valence-corrected chi connectivity index (χ1v) is 6.39. The molecular weight excluding hydrogens is 290 g/mol.